The van der Waals surface area contributed by atoms with Crippen LogP contribution in [0.5, 0.6) is 0 Å². The summed E-state index contributed by atoms with van der Waals surface area (Å²) < 4.78 is 0. The highest BCUT2D eigenvalue weighted by Gasteiger charge is 2.11. The van der Waals surface area contributed by atoms with E-state index in [0.29, 0.717) is 5.00 Å². The zero-order valence-electron chi connectivity index (χ0n) is 5.92. The molecule has 0 radical (unpaired) electrons. The molecule has 5 heteroatoms. The molecule has 0 fully saturated rings. The minimum atomic E-state index is -0.956. The van der Waals surface area contributed by atoms with Crippen molar-refractivity contribution < 1.29 is 9.90 Å². The summed E-state index contributed by atoms with van der Waals surface area (Å²) in [6.45, 7) is 1.83. The Kier molecular flexibility index (Phi) is 2.11. The molecule has 11 heavy (non-hydrogen) atoms. The molecule has 0 aliphatic heterocycles. The highest BCUT2D eigenvalue weighted by atomic mass is 32.1. The number of nitrogens with two attached hydrogens (primary N) is 1. The third-order valence-corrected chi connectivity index (χ3v) is 2.20. The topological polar surface area (TPSA) is 75.3 Å². The number of carboxylic acids is 1. The van der Waals surface area contributed by atoms with Gasteiger partial charge in [-0.2, -0.15) is 0 Å². The molecule has 0 aliphatic rings. The van der Waals surface area contributed by atoms with E-state index < -0.39 is 5.97 Å². The van der Waals surface area contributed by atoms with Crippen molar-refractivity contribution in [3.8, 4) is 0 Å². The maximum atomic E-state index is 10.5. The van der Waals surface area contributed by atoms with Crippen LogP contribution >= 0.6 is 11.3 Å². The summed E-state index contributed by atoms with van der Waals surface area (Å²) in [6, 6.07) is 1.59. The van der Waals surface area contributed by atoms with Gasteiger partial charge in [0.25, 0.3) is 0 Å². The van der Waals surface area contributed by atoms with Gasteiger partial charge in [0.1, 0.15) is 5.00 Å². The monoisotopic (exact) mass is 172 g/mol. The van der Waals surface area contributed by atoms with Crippen molar-refractivity contribution in [1.82, 2.24) is 0 Å². The number of rotatable bonds is 2. The van der Waals surface area contributed by atoms with E-state index in [0.717, 1.165) is 4.88 Å². The molecule has 1 rings (SSSR count). The summed E-state index contributed by atoms with van der Waals surface area (Å²) in [6.07, 6.45) is 0. The summed E-state index contributed by atoms with van der Waals surface area (Å²) >= 11 is 1.33. The van der Waals surface area contributed by atoms with Gasteiger partial charge in [0.2, 0.25) is 0 Å². The number of anilines is 1. The Hall–Kier alpha value is -1.07. The minimum absolute atomic E-state index is 0.231. The maximum Gasteiger partial charge on any atom is 0.338 e. The lowest BCUT2D eigenvalue weighted by Gasteiger charge is -1.94. The Balaban J connectivity index is 3.12. The summed E-state index contributed by atoms with van der Waals surface area (Å²) in [5.74, 6) is 4.14. The summed E-state index contributed by atoms with van der Waals surface area (Å²) in [5, 5.41) is 9.12. The van der Waals surface area contributed by atoms with Gasteiger partial charge >= 0.3 is 5.97 Å². The molecular weight excluding hydrogens is 164 g/mol. The van der Waals surface area contributed by atoms with Crippen LogP contribution in [0, 0.1) is 6.92 Å². The van der Waals surface area contributed by atoms with Crippen LogP contribution in [0.25, 0.3) is 0 Å². The van der Waals surface area contributed by atoms with Crippen molar-refractivity contribution in [1.29, 1.82) is 0 Å². The average molecular weight is 172 g/mol. The van der Waals surface area contributed by atoms with E-state index in [2.05, 4.69) is 5.43 Å². The van der Waals surface area contributed by atoms with E-state index in [9.17, 15) is 4.79 Å². The molecule has 0 atom stereocenters. The van der Waals surface area contributed by atoms with Crippen LogP contribution in [0.3, 0.4) is 0 Å². The van der Waals surface area contributed by atoms with Crippen LogP contribution in [-0.4, -0.2) is 11.1 Å². The number of nitrogens with one attached hydrogen (secondary N) is 1. The molecular formula is C6H8N2O2S. The van der Waals surface area contributed by atoms with E-state index in [1.165, 1.54) is 11.3 Å². The lowest BCUT2D eigenvalue weighted by molar-refractivity contribution is 0.0698. The zero-order valence-corrected chi connectivity index (χ0v) is 6.73. The van der Waals surface area contributed by atoms with Crippen LogP contribution in [0.15, 0.2) is 6.07 Å². The zero-order chi connectivity index (χ0) is 8.43. The van der Waals surface area contributed by atoms with Gasteiger partial charge < -0.3 is 10.5 Å². The summed E-state index contributed by atoms with van der Waals surface area (Å²) in [5.41, 5.74) is 2.57. The van der Waals surface area contributed by atoms with Gasteiger partial charge in [-0.05, 0) is 13.0 Å². The van der Waals surface area contributed by atoms with Crippen molar-refractivity contribution in [2.75, 3.05) is 5.43 Å². The van der Waals surface area contributed by atoms with Crippen LogP contribution in [0.4, 0.5) is 5.00 Å². The van der Waals surface area contributed by atoms with Crippen LogP contribution in [0.1, 0.15) is 15.2 Å². The van der Waals surface area contributed by atoms with E-state index in [1.807, 2.05) is 6.92 Å². The first-order chi connectivity index (χ1) is 5.15. The lowest BCUT2D eigenvalue weighted by Crippen LogP contribution is -2.08. The number of aromatic carboxylic acids is 1. The number of hydrazine groups is 1. The number of hydrogen-bond acceptors (Lipinski definition) is 4. The quantitative estimate of drug-likeness (QED) is 0.460. The van der Waals surface area contributed by atoms with E-state index in [-0.39, 0.29) is 5.56 Å². The predicted octanol–water partition coefficient (Wildman–Crippen LogP) is 1.04. The molecule has 0 bridgehead atoms. The lowest BCUT2D eigenvalue weighted by atomic mass is 10.3. The third-order valence-electron chi connectivity index (χ3n) is 1.22. The molecule has 0 amide bonds. The van der Waals surface area contributed by atoms with Crippen LogP contribution in [0.2, 0.25) is 0 Å². The fourth-order valence-corrected chi connectivity index (χ4v) is 1.59. The molecule has 0 aliphatic carbocycles. The second-order valence-corrected chi connectivity index (χ2v) is 3.31. The number of carbonyl (C=O) groups is 1. The van der Waals surface area contributed by atoms with Crippen molar-refractivity contribution in [3.63, 3.8) is 0 Å². The molecule has 1 aromatic rings. The molecule has 0 saturated heterocycles. The van der Waals surface area contributed by atoms with Crippen LogP contribution < -0.4 is 11.3 Å². The molecule has 1 aromatic heterocycles. The fraction of sp³-hybridized carbons (Fsp3) is 0.167. The second kappa shape index (κ2) is 2.89. The normalized spacial score (nSPS) is 9.64. The maximum absolute atomic E-state index is 10.5. The van der Waals surface area contributed by atoms with E-state index >= 15 is 0 Å². The molecule has 4 nitrogen and oxygen atoms in total. The number of nitrogen functional groups attached to an aromatic ring is 1. The third kappa shape index (κ3) is 1.50. The molecule has 0 spiro atoms. The molecule has 4 N–H and O–H groups in total. The van der Waals surface area contributed by atoms with Gasteiger partial charge in [0, 0.05) is 4.88 Å². The Bertz CT molecular complexity index is 282. The van der Waals surface area contributed by atoms with Gasteiger partial charge in [-0.3, -0.25) is 0 Å². The first-order valence-electron chi connectivity index (χ1n) is 2.95. The number of carboxylic acid groups (broad SMARTS) is 1. The van der Waals surface area contributed by atoms with Crippen molar-refractivity contribution in [3.05, 3.63) is 16.5 Å². The smallest absolute Gasteiger partial charge is 0.338 e. The van der Waals surface area contributed by atoms with E-state index in [1.54, 1.807) is 6.07 Å². The average Bonchev–Trinajstić information content (AvgIpc) is 2.30. The molecule has 0 aromatic carbocycles. The van der Waals surface area contributed by atoms with E-state index in [4.69, 9.17) is 10.9 Å². The molecule has 60 valence electrons. The van der Waals surface area contributed by atoms with Crippen molar-refractivity contribution in [2.45, 2.75) is 6.92 Å². The largest absolute Gasteiger partial charge is 0.478 e. The summed E-state index contributed by atoms with van der Waals surface area (Å²) in [7, 11) is 0. The van der Waals surface area contributed by atoms with Gasteiger partial charge in [-0.1, -0.05) is 0 Å². The summed E-state index contributed by atoms with van der Waals surface area (Å²) in [4.78, 5) is 11.4. The number of aryl methyl sites for hydroxylation is 1. The Morgan fingerprint density at radius 3 is 2.82 bits per heavy atom. The first kappa shape index (κ1) is 8.03. The highest BCUT2D eigenvalue weighted by molar-refractivity contribution is 7.16. The van der Waals surface area contributed by atoms with Gasteiger partial charge in [-0.15, -0.1) is 11.3 Å². The molecule has 0 unspecified atom stereocenters. The Morgan fingerprint density at radius 1 is 1.82 bits per heavy atom. The Morgan fingerprint density at radius 2 is 2.45 bits per heavy atom. The predicted molar refractivity (Wildman–Crippen MR) is 43.8 cm³/mol. The second-order valence-electron chi connectivity index (χ2n) is 2.05. The van der Waals surface area contributed by atoms with Gasteiger partial charge in [0.15, 0.2) is 0 Å². The van der Waals surface area contributed by atoms with Crippen LogP contribution in [-0.2, 0) is 0 Å². The number of thiophene rings is 1. The minimum Gasteiger partial charge on any atom is -0.478 e. The van der Waals surface area contributed by atoms with Crippen molar-refractivity contribution >= 4 is 22.3 Å². The standard InChI is InChI=1S/C6H8N2O2S/c1-3-2-4(6(9)10)5(8-7)11-3/h2,8H,7H2,1H3,(H,9,10). The Labute approximate surface area is 67.6 Å². The van der Waals surface area contributed by atoms with Crippen molar-refractivity contribution in [2.24, 2.45) is 5.84 Å². The fourth-order valence-electron chi connectivity index (χ4n) is 0.780. The first-order valence-corrected chi connectivity index (χ1v) is 3.77. The van der Waals surface area contributed by atoms with Gasteiger partial charge in [0.05, 0.1) is 5.56 Å². The number of hydrogen-bond donors (Lipinski definition) is 3. The van der Waals surface area contributed by atoms with Gasteiger partial charge in [-0.25, -0.2) is 10.6 Å². The molecule has 0 saturated carbocycles. The molecule has 1 heterocycles. The highest BCUT2D eigenvalue weighted by Crippen LogP contribution is 2.26. The SMILES string of the molecule is Cc1cc(C(=O)O)c(NN)s1.